The molecule has 1 aliphatic carbocycles. The fourth-order valence-electron chi connectivity index (χ4n) is 2.63. The van der Waals surface area contributed by atoms with Crippen molar-refractivity contribution in [1.82, 2.24) is 19.7 Å². The summed E-state index contributed by atoms with van der Waals surface area (Å²) in [4.78, 5) is 19.9. The summed E-state index contributed by atoms with van der Waals surface area (Å²) in [5.41, 5.74) is 0.463. The van der Waals surface area contributed by atoms with E-state index in [4.69, 9.17) is 5.26 Å². The molecule has 0 aliphatic heterocycles. The summed E-state index contributed by atoms with van der Waals surface area (Å²) < 4.78 is 1.46. The first-order valence-corrected chi connectivity index (χ1v) is 7.72. The van der Waals surface area contributed by atoms with E-state index < -0.39 is 11.5 Å². The number of aromatic nitrogens is 4. The van der Waals surface area contributed by atoms with Gasteiger partial charge in [-0.05, 0) is 18.9 Å². The molecule has 0 unspecified atom stereocenters. The molecule has 3 heterocycles. The number of nitriles is 2. The molecular weight excluding hydrogens is 334 g/mol. The third-order valence-electron chi connectivity index (χ3n) is 4.21. The summed E-state index contributed by atoms with van der Waals surface area (Å²) in [6.07, 6.45) is 5.53. The van der Waals surface area contributed by atoms with Crippen LogP contribution in [0, 0.1) is 22.7 Å². The van der Waals surface area contributed by atoms with Crippen molar-refractivity contribution in [3.8, 4) is 18.0 Å². The lowest BCUT2D eigenvalue weighted by Crippen LogP contribution is -2.21. The van der Waals surface area contributed by atoms with Gasteiger partial charge in [-0.1, -0.05) is 0 Å². The van der Waals surface area contributed by atoms with Gasteiger partial charge in [-0.2, -0.15) is 20.3 Å². The Labute approximate surface area is 147 Å². The monoisotopic (exact) mass is 345 g/mol. The highest BCUT2D eigenvalue weighted by molar-refractivity contribution is 5.94. The molecule has 1 fully saturated rings. The van der Waals surface area contributed by atoms with Crippen LogP contribution in [0.5, 0.6) is 0 Å². The van der Waals surface area contributed by atoms with Crippen LogP contribution in [0.15, 0.2) is 30.7 Å². The van der Waals surface area contributed by atoms with Gasteiger partial charge in [0.15, 0.2) is 11.5 Å². The molecular formula is C17H11N7O2. The summed E-state index contributed by atoms with van der Waals surface area (Å²) in [7, 11) is 0. The minimum Gasteiger partial charge on any atom is -0.478 e. The van der Waals surface area contributed by atoms with Crippen LogP contribution < -0.4 is 5.32 Å². The molecule has 3 aromatic rings. The fourth-order valence-corrected chi connectivity index (χ4v) is 2.63. The summed E-state index contributed by atoms with van der Waals surface area (Å²) in [6.45, 7) is 0. The molecule has 0 atom stereocenters. The molecule has 0 amide bonds. The van der Waals surface area contributed by atoms with Gasteiger partial charge >= 0.3 is 5.97 Å². The predicted molar refractivity (Wildman–Crippen MR) is 89.5 cm³/mol. The Morgan fingerprint density at radius 1 is 1.23 bits per heavy atom. The van der Waals surface area contributed by atoms with Gasteiger partial charge in [0, 0.05) is 23.8 Å². The third kappa shape index (κ3) is 2.48. The number of carboxylic acid groups (broad SMARTS) is 1. The van der Waals surface area contributed by atoms with E-state index in [-0.39, 0.29) is 5.56 Å². The lowest BCUT2D eigenvalue weighted by Gasteiger charge is -2.14. The predicted octanol–water partition coefficient (Wildman–Crippen LogP) is 1.85. The molecule has 3 aromatic heterocycles. The third-order valence-corrected chi connectivity index (χ3v) is 4.21. The highest BCUT2D eigenvalue weighted by Crippen LogP contribution is 2.39. The van der Waals surface area contributed by atoms with E-state index in [0.717, 1.165) is 0 Å². The van der Waals surface area contributed by atoms with Crippen LogP contribution in [-0.4, -0.2) is 36.4 Å². The Kier molecular flexibility index (Phi) is 3.31. The first-order valence-electron chi connectivity index (χ1n) is 7.72. The molecule has 126 valence electrons. The van der Waals surface area contributed by atoms with Gasteiger partial charge in [-0.3, -0.25) is 0 Å². The van der Waals surface area contributed by atoms with Crippen molar-refractivity contribution in [2.45, 2.75) is 18.4 Å². The van der Waals surface area contributed by atoms with Crippen molar-refractivity contribution < 1.29 is 9.90 Å². The lowest BCUT2D eigenvalue weighted by atomic mass is 10.2. The van der Waals surface area contributed by atoms with Crippen molar-refractivity contribution in [2.75, 3.05) is 5.32 Å². The summed E-state index contributed by atoms with van der Waals surface area (Å²) in [5.74, 6) is -0.777. The van der Waals surface area contributed by atoms with Crippen molar-refractivity contribution in [3.05, 3.63) is 41.9 Å². The van der Waals surface area contributed by atoms with E-state index in [1.165, 1.54) is 23.1 Å². The van der Waals surface area contributed by atoms with E-state index in [1.54, 1.807) is 12.3 Å². The van der Waals surface area contributed by atoms with E-state index in [2.05, 4.69) is 26.5 Å². The molecule has 4 rings (SSSR count). The first-order chi connectivity index (χ1) is 12.5. The highest BCUT2D eigenvalue weighted by atomic mass is 16.4. The Bertz CT molecular complexity index is 1130. The Morgan fingerprint density at radius 2 is 2.04 bits per heavy atom. The largest absolute Gasteiger partial charge is 0.478 e. The SMILES string of the molecule is N#Cc1cnc2c(cnn2-c2cc(NC3(C#N)CC3)c(C(=O)O)cn2)c1. The van der Waals surface area contributed by atoms with Crippen molar-refractivity contribution >= 4 is 22.7 Å². The van der Waals surface area contributed by atoms with Crippen molar-refractivity contribution in [1.29, 1.82) is 10.5 Å². The van der Waals surface area contributed by atoms with Crippen molar-refractivity contribution in [2.24, 2.45) is 0 Å². The van der Waals surface area contributed by atoms with Crippen LogP contribution in [0.2, 0.25) is 0 Å². The molecule has 0 bridgehead atoms. The van der Waals surface area contributed by atoms with Crippen LogP contribution in [0.25, 0.3) is 16.9 Å². The topological polar surface area (TPSA) is 141 Å². The quantitative estimate of drug-likeness (QED) is 0.730. The maximum absolute atomic E-state index is 11.5. The first kappa shape index (κ1) is 15.5. The number of anilines is 1. The normalized spacial score (nSPS) is 14.4. The number of carbonyl (C=O) groups is 1. The number of aromatic carboxylic acids is 1. The zero-order chi connectivity index (χ0) is 18.3. The summed E-state index contributed by atoms with van der Waals surface area (Å²) in [6, 6.07) is 7.38. The van der Waals surface area contributed by atoms with E-state index in [0.29, 0.717) is 40.9 Å². The Balaban J connectivity index is 1.82. The maximum Gasteiger partial charge on any atom is 0.339 e. The van der Waals surface area contributed by atoms with Gasteiger partial charge in [-0.25, -0.2) is 14.8 Å². The van der Waals surface area contributed by atoms with E-state index >= 15 is 0 Å². The van der Waals surface area contributed by atoms with Crippen LogP contribution in [0.1, 0.15) is 28.8 Å². The number of hydrogen-bond donors (Lipinski definition) is 2. The van der Waals surface area contributed by atoms with Gasteiger partial charge in [0.1, 0.15) is 17.2 Å². The molecule has 26 heavy (non-hydrogen) atoms. The number of nitrogens with one attached hydrogen (secondary N) is 1. The lowest BCUT2D eigenvalue weighted by molar-refractivity contribution is 0.0697. The molecule has 0 radical (unpaired) electrons. The van der Waals surface area contributed by atoms with Crippen LogP contribution in [-0.2, 0) is 0 Å². The van der Waals surface area contributed by atoms with Crippen LogP contribution in [0.3, 0.4) is 0 Å². The molecule has 0 saturated heterocycles. The Hall–Kier alpha value is -3.98. The second-order valence-electron chi connectivity index (χ2n) is 6.02. The number of nitrogens with zero attached hydrogens (tertiary/aromatic N) is 6. The minimum absolute atomic E-state index is 0.0218. The van der Waals surface area contributed by atoms with Crippen LogP contribution >= 0.6 is 0 Å². The zero-order valence-electron chi connectivity index (χ0n) is 13.3. The Morgan fingerprint density at radius 3 is 2.69 bits per heavy atom. The number of rotatable bonds is 4. The summed E-state index contributed by atoms with van der Waals surface area (Å²) >= 11 is 0. The average molecular weight is 345 g/mol. The standard InChI is InChI=1S/C17H11N7O2/c18-5-10-3-11-7-22-24(15(11)21-6-10)14-4-13(12(8-20-14)16(25)26)23-17(9-19)1-2-17/h3-4,6-8H,1-2H2,(H,20,23)(H,25,26). The van der Waals surface area contributed by atoms with Gasteiger partial charge in [0.2, 0.25) is 0 Å². The number of fused-ring (bicyclic) bond motifs is 1. The van der Waals surface area contributed by atoms with Gasteiger partial charge in [-0.15, -0.1) is 0 Å². The van der Waals surface area contributed by atoms with Crippen molar-refractivity contribution in [3.63, 3.8) is 0 Å². The fraction of sp³-hybridized carbons (Fsp3) is 0.176. The molecule has 1 aliphatic rings. The summed E-state index contributed by atoms with van der Waals surface area (Å²) in [5, 5.41) is 35.5. The minimum atomic E-state index is -1.14. The number of hydrogen-bond acceptors (Lipinski definition) is 7. The molecule has 0 aromatic carbocycles. The second-order valence-corrected chi connectivity index (χ2v) is 6.02. The second kappa shape index (κ2) is 5.53. The maximum atomic E-state index is 11.5. The molecule has 9 heteroatoms. The van der Waals surface area contributed by atoms with Crippen LogP contribution in [0.4, 0.5) is 5.69 Å². The molecule has 0 spiro atoms. The zero-order valence-corrected chi connectivity index (χ0v) is 13.3. The molecule has 2 N–H and O–H groups in total. The smallest absolute Gasteiger partial charge is 0.339 e. The van der Waals surface area contributed by atoms with Gasteiger partial charge < -0.3 is 10.4 Å². The molecule has 1 saturated carbocycles. The highest BCUT2D eigenvalue weighted by Gasteiger charge is 2.44. The average Bonchev–Trinajstić information content (AvgIpc) is 3.30. The van der Waals surface area contributed by atoms with Gasteiger partial charge in [0.05, 0.1) is 23.5 Å². The van der Waals surface area contributed by atoms with E-state index in [1.807, 2.05) is 6.07 Å². The molecule has 9 nitrogen and oxygen atoms in total. The van der Waals surface area contributed by atoms with E-state index in [9.17, 15) is 15.2 Å². The number of carboxylic acids is 1. The van der Waals surface area contributed by atoms with Gasteiger partial charge in [0.25, 0.3) is 0 Å². The number of pyridine rings is 2.